The molecule has 0 amide bonds. The van der Waals surface area contributed by atoms with E-state index in [1.807, 2.05) is 6.92 Å². The third-order valence-corrected chi connectivity index (χ3v) is 6.93. The standard InChI is InChI=1S/C11H16O3S2/c1-9-4-6-10(7-5-9)16(13,14)11(2,8-12)15-3/h4-7,12H,8H2,1-3H3. The van der Waals surface area contributed by atoms with Crippen molar-refractivity contribution in [3.8, 4) is 0 Å². The first-order valence-corrected chi connectivity index (χ1v) is 7.55. The van der Waals surface area contributed by atoms with E-state index in [4.69, 9.17) is 0 Å². The summed E-state index contributed by atoms with van der Waals surface area (Å²) in [6, 6.07) is 6.67. The topological polar surface area (TPSA) is 54.4 Å². The molecule has 1 N–H and O–H groups in total. The summed E-state index contributed by atoms with van der Waals surface area (Å²) < 4.78 is 23.3. The molecule has 0 aliphatic heterocycles. The predicted molar refractivity (Wildman–Crippen MR) is 67.4 cm³/mol. The average molecular weight is 260 g/mol. The van der Waals surface area contributed by atoms with E-state index in [1.54, 1.807) is 30.5 Å². The molecule has 90 valence electrons. The molecule has 1 aromatic rings. The summed E-state index contributed by atoms with van der Waals surface area (Å²) in [7, 11) is -3.50. The molecule has 0 bridgehead atoms. The van der Waals surface area contributed by atoms with Gasteiger partial charge in [0.15, 0.2) is 9.84 Å². The van der Waals surface area contributed by atoms with E-state index in [0.29, 0.717) is 0 Å². The summed E-state index contributed by atoms with van der Waals surface area (Å²) in [5, 5.41) is 9.24. The van der Waals surface area contributed by atoms with Crippen LogP contribution in [0.15, 0.2) is 29.2 Å². The number of hydrogen-bond acceptors (Lipinski definition) is 4. The van der Waals surface area contributed by atoms with E-state index < -0.39 is 20.5 Å². The van der Waals surface area contributed by atoms with Gasteiger partial charge >= 0.3 is 0 Å². The lowest BCUT2D eigenvalue weighted by atomic mass is 10.2. The van der Waals surface area contributed by atoms with Crippen LogP contribution in [0.5, 0.6) is 0 Å². The number of rotatable bonds is 4. The van der Waals surface area contributed by atoms with Gasteiger partial charge in [0.05, 0.1) is 11.5 Å². The van der Waals surface area contributed by atoms with Crippen molar-refractivity contribution in [2.24, 2.45) is 0 Å². The van der Waals surface area contributed by atoms with Crippen molar-refractivity contribution in [1.82, 2.24) is 0 Å². The molecule has 0 spiro atoms. The quantitative estimate of drug-likeness (QED) is 0.897. The first kappa shape index (κ1) is 13.5. The lowest BCUT2D eigenvalue weighted by Gasteiger charge is -2.24. The second-order valence-electron chi connectivity index (χ2n) is 3.81. The van der Waals surface area contributed by atoms with E-state index >= 15 is 0 Å². The Morgan fingerprint density at radius 1 is 1.31 bits per heavy atom. The Kier molecular flexibility index (Phi) is 4.04. The molecule has 0 heterocycles. The Morgan fingerprint density at radius 2 is 1.81 bits per heavy atom. The van der Waals surface area contributed by atoms with Crippen molar-refractivity contribution in [2.45, 2.75) is 22.8 Å². The zero-order valence-corrected chi connectivity index (χ0v) is 11.2. The average Bonchev–Trinajstić information content (AvgIpc) is 2.28. The van der Waals surface area contributed by atoms with Gasteiger partial charge in [-0.15, -0.1) is 11.8 Å². The molecule has 1 rings (SSSR count). The summed E-state index contributed by atoms with van der Waals surface area (Å²) in [6.45, 7) is 3.04. The maximum atomic E-state index is 12.2. The molecule has 0 saturated heterocycles. The molecule has 1 atom stereocenters. The van der Waals surface area contributed by atoms with Crippen molar-refractivity contribution in [3.63, 3.8) is 0 Å². The van der Waals surface area contributed by atoms with Crippen LogP contribution in [0.4, 0.5) is 0 Å². The SMILES string of the molecule is CSC(C)(CO)S(=O)(=O)c1ccc(C)cc1. The van der Waals surface area contributed by atoms with Gasteiger partial charge in [-0.1, -0.05) is 17.7 Å². The van der Waals surface area contributed by atoms with Crippen LogP contribution in [-0.2, 0) is 9.84 Å². The summed E-state index contributed by atoms with van der Waals surface area (Å²) in [6.07, 6.45) is 1.68. The number of sulfone groups is 1. The maximum Gasteiger partial charge on any atom is 0.195 e. The number of benzene rings is 1. The second kappa shape index (κ2) is 4.77. The fraction of sp³-hybridized carbons (Fsp3) is 0.455. The van der Waals surface area contributed by atoms with Gasteiger partial charge in [0.2, 0.25) is 0 Å². The molecular formula is C11H16O3S2. The van der Waals surface area contributed by atoms with Crippen LogP contribution in [0, 0.1) is 6.92 Å². The number of aliphatic hydroxyl groups excluding tert-OH is 1. The predicted octanol–water partition coefficient (Wildman–Crippen LogP) is 1.84. The van der Waals surface area contributed by atoms with Crippen molar-refractivity contribution in [1.29, 1.82) is 0 Å². The Balaban J connectivity index is 3.26. The molecule has 0 radical (unpaired) electrons. The normalized spacial score (nSPS) is 15.8. The molecule has 1 aromatic carbocycles. The van der Waals surface area contributed by atoms with Crippen molar-refractivity contribution in [3.05, 3.63) is 29.8 Å². The summed E-state index contributed by atoms with van der Waals surface area (Å²) >= 11 is 1.14. The molecule has 0 aliphatic carbocycles. The highest BCUT2D eigenvalue weighted by Crippen LogP contribution is 2.33. The third-order valence-electron chi connectivity index (χ3n) is 2.62. The van der Waals surface area contributed by atoms with Crippen LogP contribution in [-0.4, -0.2) is 30.5 Å². The van der Waals surface area contributed by atoms with Crippen molar-refractivity contribution < 1.29 is 13.5 Å². The highest BCUT2D eigenvalue weighted by Gasteiger charge is 2.39. The monoisotopic (exact) mass is 260 g/mol. The van der Waals surface area contributed by atoms with Gasteiger partial charge in [-0.2, -0.15) is 0 Å². The Morgan fingerprint density at radius 3 is 2.19 bits per heavy atom. The largest absolute Gasteiger partial charge is 0.394 e. The molecule has 1 unspecified atom stereocenters. The lowest BCUT2D eigenvalue weighted by Crippen LogP contribution is -2.35. The van der Waals surface area contributed by atoms with Crippen molar-refractivity contribution >= 4 is 21.6 Å². The van der Waals surface area contributed by atoms with Gasteiger partial charge in [-0.3, -0.25) is 0 Å². The molecule has 0 aromatic heterocycles. The number of aliphatic hydroxyl groups is 1. The van der Waals surface area contributed by atoms with Crippen LogP contribution in [0.3, 0.4) is 0 Å². The number of hydrogen-bond donors (Lipinski definition) is 1. The minimum absolute atomic E-state index is 0.254. The number of thioether (sulfide) groups is 1. The fourth-order valence-electron chi connectivity index (χ4n) is 1.23. The van der Waals surface area contributed by atoms with Gasteiger partial charge in [-0.25, -0.2) is 8.42 Å². The summed E-state index contributed by atoms with van der Waals surface area (Å²) in [5.74, 6) is 0. The zero-order valence-electron chi connectivity index (χ0n) is 9.60. The summed E-state index contributed by atoms with van der Waals surface area (Å²) in [5.41, 5.74) is 1.01. The molecule has 5 heteroatoms. The van der Waals surface area contributed by atoms with Crippen LogP contribution < -0.4 is 0 Å². The zero-order chi connectivity index (χ0) is 12.4. The molecule has 16 heavy (non-hydrogen) atoms. The minimum Gasteiger partial charge on any atom is -0.394 e. The molecule has 0 saturated carbocycles. The molecule has 0 aliphatic rings. The molecule has 3 nitrogen and oxygen atoms in total. The van der Waals surface area contributed by atoms with Crippen LogP contribution in [0.2, 0.25) is 0 Å². The highest BCUT2D eigenvalue weighted by atomic mass is 32.3. The van der Waals surface area contributed by atoms with Gasteiger partial charge < -0.3 is 5.11 Å². The lowest BCUT2D eigenvalue weighted by molar-refractivity contribution is 0.285. The maximum absolute atomic E-state index is 12.2. The number of aryl methyl sites for hydroxylation is 1. The third kappa shape index (κ3) is 2.26. The van der Waals surface area contributed by atoms with Crippen molar-refractivity contribution in [2.75, 3.05) is 12.9 Å². The van der Waals surface area contributed by atoms with Gasteiger partial charge in [0.25, 0.3) is 0 Å². The summed E-state index contributed by atoms with van der Waals surface area (Å²) in [4.78, 5) is 0.254. The Labute approximate surface area is 101 Å². The first-order valence-electron chi connectivity index (χ1n) is 4.85. The molecular weight excluding hydrogens is 244 g/mol. The Bertz CT molecular complexity index is 445. The minimum atomic E-state index is -3.50. The van der Waals surface area contributed by atoms with E-state index in [0.717, 1.165) is 17.3 Å². The van der Waals surface area contributed by atoms with Crippen LogP contribution in [0.25, 0.3) is 0 Å². The van der Waals surface area contributed by atoms with E-state index in [1.165, 1.54) is 6.92 Å². The second-order valence-corrected chi connectivity index (χ2v) is 7.76. The van der Waals surface area contributed by atoms with Gasteiger partial charge in [0.1, 0.15) is 4.08 Å². The molecule has 0 fully saturated rings. The first-order chi connectivity index (χ1) is 7.37. The van der Waals surface area contributed by atoms with Crippen LogP contribution in [0.1, 0.15) is 12.5 Å². The van der Waals surface area contributed by atoms with E-state index in [9.17, 15) is 13.5 Å². The van der Waals surface area contributed by atoms with Gasteiger partial charge in [0, 0.05) is 0 Å². The van der Waals surface area contributed by atoms with Crippen LogP contribution >= 0.6 is 11.8 Å². The Hall–Kier alpha value is -0.520. The van der Waals surface area contributed by atoms with E-state index in [2.05, 4.69) is 0 Å². The smallest absolute Gasteiger partial charge is 0.195 e. The van der Waals surface area contributed by atoms with E-state index in [-0.39, 0.29) is 4.90 Å². The fourth-order valence-corrected chi connectivity index (χ4v) is 3.68. The van der Waals surface area contributed by atoms with Gasteiger partial charge in [-0.05, 0) is 32.2 Å². The highest BCUT2D eigenvalue weighted by molar-refractivity contribution is 8.14.